The van der Waals surface area contributed by atoms with Crippen molar-refractivity contribution < 1.29 is 19.0 Å². The summed E-state index contributed by atoms with van der Waals surface area (Å²) in [6.45, 7) is 1.88. The molecule has 1 rings (SSSR count). The predicted molar refractivity (Wildman–Crippen MR) is 126 cm³/mol. The lowest BCUT2D eigenvalue weighted by Gasteiger charge is -2.29. The van der Waals surface area contributed by atoms with Crippen LogP contribution in [-0.2, 0) is 22.4 Å². The zero-order chi connectivity index (χ0) is 22.1. The van der Waals surface area contributed by atoms with Gasteiger partial charge in [-0.05, 0) is 43.2 Å². The maximum atomic E-state index is 12.6. The Labute approximate surface area is 187 Å². The summed E-state index contributed by atoms with van der Waals surface area (Å²) in [5, 5.41) is 11.3. The first kappa shape index (κ1) is 27.0. The Bertz CT molecular complexity index is 581. The van der Waals surface area contributed by atoms with E-state index in [0.29, 0.717) is 31.4 Å². The number of alkyl halides is 1. The molecule has 0 spiro atoms. The monoisotopic (exact) mass is 440 g/mol. The molecule has 1 aromatic rings. The molecule has 0 fully saturated rings. The molecule has 0 heterocycles. The van der Waals surface area contributed by atoms with Gasteiger partial charge in [0.05, 0.1) is 20.2 Å². The van der Waals surface area contributed by atoms with Crippen LogP contribution in [0.2, 0.25) is 0 Å². The first-order chi connectivity index (χ1) is 14.5. The largest absolute Gasteiger partial charge is 0.469 e. The van der Waals surface area contributed by atoms with Crippen molar-refractivity contribution in [3.05, 3.63) is 35.4 Å². The lowest BCUT2D eigenvalue weighted by Crippen LogP contribution is -2.29. The van der Waals surface area contributed by atoms with Crippen molar-refractivity contribution in [1.29, 1.82) is 0 Å². The van der Waals surface area contributed by atoms with Gasteiger partial charge in [0.15, 0.2) is 0 Å². The number of aryl methyl sites for hydroxylation is 1. The molecule has 5 heteroatoms. The average Bonchev–Trinajstić information content (AvgIpc) is 2.74. The molecule has 0 saturated carbocycles. The summed E-state index contributed by atoms with van der Waals surface area (Å²) >= 11 is 1.39. The molecule has 1 N–H and O–H groups in total. The maximum absolute atomic E-state index is 12.6. The van der Waals surface area contributed by atoms with Gasteiger partial charge in [-0.25, -0.2) is 0 Å². The number of carbonyl (C=O) groups is 1. The molecule has 172 valence electrons. The van der Waals surface area contributed by atoms with Crippen molar-refractivity contribution in [3.8, 4) is 0 Å². The van der Waals surface area contributed by atoms with E-state index in [1.165, 1.54) is 69.4 Å². The first-order valence-electron chi connectivity index (χ1n) is 11.6. The van der Waals surface area contributed by atoms with Crippen molar-refractivity contribution >= 4 is 17.7 Å². The van der Waals surface area contributed by atoms with E-state index in [1.807, 2.05) is 6.07 Å². The van der Waals surface area contributed by atoms with E-state index in [9.17, 15) is 14.3 Å². The molecule has 0 aliphatic heterocycles. The number of hydrogen-bond acceptors (Lipinski definition) is 4. The van der Waals surface area contributed by atoms with Gasteiger partial charge in [-0.15, -0.1) is 11.8 Å². The number of halogens is 1. The molecular formula is C25H41FO3S. The molecule has 1 aromatic carbocycles. The molecule has 0 aromatic heterocycles. The van der Waals surface area contributed by atoms with Crippen LogP contribution < -0.4 is 0 Å². The number of benzene rings is 1. The molecule has 0 bridgehead atoms. The normalized spacial score (nSPS) is 13.2. The second-order valence-corrected chi connectivity index (χ2v) is 9.54. The van der Waals surface area contributed by atoms with E-state index < -0.39 is 4.93 Å². The minimum atomic E-state index is -0.987. The van der Waals surface area contributed by atoms with Gasteiger partial charge in [0.25, 0.3) is 0 Å². The van der Waals surface area contributed by atoms with Crippen LogP contribution >= 0.6 is 11.8 Å². The Balaban J connectivity index is 2.64. The standard InChI is InChI=1S/C25H41FO3S/c1-3-4-5-6-7-8-9-14-22-15-10-11-16-23(22)21-25(28,18-12-13-19-26)30-20-17-24(27)29-2/h10-11,15-16,28H,3-9,12-14,17-21H2,1-2H3/t25-/m1/s1. The van der Waals surface area contributed by atoms with Crippen molar-refractivity contribution in [2.75, 3.05) is 19.5 Å². The van der Waals surface area contributed by atoms with Crippen LogP contribution in [0.4, 0.5) is 4.39 Å². The minimum absolute atomic E-state index is 0.270. The van der Waals surface area contributed by atoms with Gasteiger partial charge in [0, 0.05) is 12.2 Å². The highest BCUT2D eigenvalue weighted by Crippen LogP contribution is 2.34. The van der Waals surface area contributed by atoms with Crippen LogP contribution in [0.3, 0.4) is 0 Å². The second-order valence-electron chi connectivity index (χ2n) is 8.08. The molecule has 0 aliphatic rings. The molecule has 0 radical (unpaired) electrons. The van der Waals surface area contributed by atoms with Crippen LogP contribution in [0.5, 0.6) is 0 Å². The van der Waals surface area contributed by atoms with Gasteiger partial charge in [-0.3, -0.25) is 9.18 Å². The average molecular weight is 441 g/mol. The zero-order valence-electron chi connectivity index (χ0n) is 19.0. The van der Waals surface area contributed by atoms with E-state index in [4.69, 9.17) is 4.74 Å². The van der Waals surface area contributed by atoms with Gasteiger partial charge in [-0.2, -0.15) is 0 Å². The van der Waals surface area contributed by atoms with Crippen LogP contribution in [0.25, 0.3) is 0 Å². The quantitative estimate of drug-likeness (QED) is 0.158. The first-order valence-corrected chi connectivity index (χ1v) is 12.6. The number of aliphatic hydroxyl groups is 1. The van der Waals surface area contributed by atoms with Gasteiger partial charge in [0.2, 0.25) is 0 Å². The number of methoxy groups -OCH3 is 1. The highest BCUT2D eigenvalue weighted by atomic mass is 32.2. The summed E-state index contributed by atoms with van der Waals surface area (Å²) in [5.74, 6) is 0.228. The lowest BCUT2D eigenvalue weighted by molar-refractivity contribution is -0.140. The van der Waals surface area contributed by atoms with E-state index in [0.717, 1.165) is 12.0 Å². The summed E-state index contributed by atoms with van der Waals surface area (Å²) < 4.78 is 17.3. The highest BCUT2D eigenvalue weighted by Gasteiger charge is 2.28. The molecule has 0 saturated heterocycles. The highest BCUT2D eigenvalue weighted by molar-refractivity contribution is 8.00. The Morgan fingerprint density at radius 2 is 1.70 bits per heavy atom. The minimum Gasteiger partial charge on any atom is -0.469 e. The third kappa shape index (κ3) is 11.9. The van der Waals surface area contributed by atoms with Crippen LogP contribution in [0, 0.1) is 0 Å². The summed E-state index contributed by atoms with van der Waals surface area (Å²) in [6, 6.07) is 8.34. The summed E-state index contributed by atoms with van der Waals surface area (Å²) in [6.07, 6.45) is 12.4. The summed E-state index contributed by atoms with van der Waals surface area (Å²) in [5.41, 5.74) is 2.46. The van der Waals surface area contributed by atoms with Crippen LogP contribution in [0.15, 0.2) is 24.3 Å². The number of rotatable bonds is 18. The second kappa shape index (κ2) is 16.6. The smallest absolute Gasteiger partial charge is 0.306 e. The fraction of sp³-hybridized carbons (Fsp3) is 0.720. The van der Waals surface area contributed by atoms with Crippen molar-refractivity contribution in [2.45, 2.75) is 95.3 Å². The fourth-order valence-corrected chi connectivity index (χ4v) is 4.87. The fourth-order valence-electron chi connectivity index (χ4n) is 3.68. The predicted octanol–water partition coefficient (Wildman–Crippen LogP) is 6.65. The van der Waals surface area contributed by atoms with Crippen molar-refractivity contribution in [1.82, 2.24) is 0 Å². The lowest BCUT2D eigenvalue weighted by atomic mass is 9.95. The van der Waals surface area contributed by atoms with Crippen molar-refractivity contribution in [2.24, 2.45) is 0 Å². The van der Waals surface area contributed by atoms with E-state index >= 15 is 0 Å². The molecule has 1 atom stereocenters. The van der Waals surface area contributed by atoms with Crippen molar-refractivity contribution in [3.63, 3.8) is 0 Å². The molecule has 0 unspecified atom stereocenters. The van der Waals surface area contributed by atoms with Crippen LogP contribution in [-0.4, -0.2) is 35.5 Å². The molecule has 0 aliphatic carbocycles. The topological polar surface area (TPSA) is 46.5 Å². The molecule has 0 amide bonds. The number of unbranched alkanes of at least 4 members (excludes halogenated alkanes) is 7. The Hall–Kier alpha value is -1.07. The van der Waals surface area contributed by atoms with E-state index in [1.54, 1.807) is 0 Å². The Kier molecular flexibility index (Phi) is 14.9. The third-order valence-corrected chi connectivity index (χ3v) is 6.78. The van der Waals surface area contributed by atoms with Gasteiger partial charge in [0.1, 0.15) is 4.93 Å². The van der Waals surface area contributed by atoms with Crippen LogP contribution in [0.1, 0.15) is 88.7 Å². The number of ether oxygens (including phenoxy) is 1. The Morgan fingerprint density at radius 3 is 2.37 bits per heavy atom. The SMILES string of the molecule is CCCCCCCCCc1ccccc1C[C@@](O)(CCCCF)SCCC(=O)OC. The molecular weight excluding hydrogens is 399 g/mol. The summed E-state index contributed by atoms with van der Waals surface area (Å²) in [7, 11) is 1.38. The van der Waals surface area contributed by atoms with E-state index in [2.05, 4.69) is 25.1 Å². The maximum Gasteiger partial charge on any atom is 0.306 e. The molecule has 30 heavy (non-hydrogen) atoms. The van der Waals surface area contributed by atoms with Gasteiger partial charge in [-0.1, -0.05) is 69.7 Å². The number of thioether (sulfide) groups is 1. The zero-order valence-corrected chi connectivity index (χ0v) is 19.8. The number of esters is 1. The Morgan fingerprint density at radius 1 is 1.03 bits per heavy atom. The molecule has 3 nitrogen and oxygen atoms in total. The number of carbonyl (C=O) groups excluding carboxylic acids is 1. The third-order valence-electron chi connectivity index (χ3n) is 5.49. The van der Waals surface area contributed by atoms with Gasteiger partial charge >= 0.3 is 5.97 Å². The van der Waals surface area contributed by atoms with Gasteiger partial charge < -0.3 is 9.84 Å². The summed E-state index contributed by atoms with van der Waals surface area (Å²) in [4.78, 5) is 10.4. The van der Waals surface area contributed by atoms with E-state index in [-0.39, 0.29) is 19.1 Å². The number of hydrogen-bond donors (Lipinski definition) is 1.